The van der Waals surface area contributed by atoms with Crippen LogP contribution in [0.2, 0.25) is 0 Å². The highest BCUT2D eigenvalue weighted by Crippen LogP contribution is 2.34. The van der Waals surface area contributed by atoms with Gasteiger partial charge in [0.05, 0.1) is 11.9 Å². The Morgan fingerprint density at radius 1 is 1.17 bits per heavy atom. The Morgan fingerprint density at radius 3 is 2.63 bits per heavy atom. The molecule has 0 aliphatic carbocycles. The quantitative estimate of drug-likeness (QED) is 0.476. The van der Waals surface area contributed by atoms with Crippen molar-refractivity contribution in [3.63, 3.8) is 0 Å². The Hall–Kier alpha value is -3.96. The molecule has 4 heterocycles. The highest BCUT2D eigenvalue weighted by Gasteiger charge is 2.32. The van der Waals surface area contributed by atoms with Gasteiger partial charge in [0.2, 0.25) is 18.2 Å². The first-order valence-electron chi connectivity index (χ1n) is 11.0. The summed E-state index contributed by atoms with van der Waals surface area (Å²) in [5, 5.41) is 3.20. The van der Waals surface area contributed by atoms with Crippen molar-refractivity contribution in [3.05, 3.63) is 53.6 Å². The van der Waals surface area contributed by atoms with E-state index in [1.165, 1.54) is 6.07 Å². The van der Waals surface area contributed by atoms with Gasteiger partial charge < -0.3 is 19.9 Å². The molecule has 0 radical (unpaired) electrons. The Kier molecular flexibility index (Phi) is 6.99. The summed E-state index contributed by atoms with van der Waals surface area (Å²) in [4.78, 5) is 32.0. The van der Waals surface area contributed by atoms with E-state index in [0.29, 0.717) is 24.9 Å². The average Bonchev–Trinajstić information content (AvgIpc) is 2.86. The Morgan fingerprint density at radius 2 is 2.00 bits per heavy atom. The molecule has 1 N–H and O–H groups in total. The number of anilines is 3. The summed E-state index contributed by atoms with van der Waals surface area (Å²) < 4.78 is 43.4. The van der Waals surface area contributed by atoms with Crippen LogP contribution in [0.4, 0.5) is 30.6 Å². The van der Waals surface area contributed by atoms with E-state index in [-0.39, 0.29) is 11.6 Å². The standard InChI is InChI=1S/C23H24F3N7O2/c1-3-32(2)21-20-17(5-4-10-33(20)14-34)30-22(31-21)29-12-15-6-9-19(28-11-15)35-16-7-8-18(27-13-16)23(24,25)26/h6-9,11,13-14H,3-5,10,12H2,1-2H3,(H,29,30,31). The second kappa shape index (κ2) is 10.1. The lowest BCUT2D eigenvalue weighted by molar-refractivity contribution is -0.141. The zero-order valence-corrected chi connectivity index (χ0v) is 19.2. The van der Waals surface area contributed by atoms with Crippen molar-refractivity contribution in [2.24, 2.45) is 0 Å². The van der Waals surface area contributed by atoms with Crippen LogP contribution in [0.5, 0.6) is 11.6 Å². The molecule has 0 aromatic carbocycles. The lowest BCUT2D eigenvalue weighted by Gasteiger charge is -2.30. The van der Waals surface area contributed by atoms with E-state index in [4.69, 9.17) is 4.74 Å². The van der Waals surface area contributed by atoms with Crippen LogP contribution in [-0.2, 0) is 23.9 Å². The zero-order chi connectivity index (χ0) is 25.0. The molecule has 1 aliphatic heterocycles. The van der Waals surface area contributed by atoms with E-state index in [1.54, 1.807) is 23.2 Å². The van der Waals surface area contributed by atoms with Crippen LogP contribution >= 0.6 is 0 Å². The van der Waals surface area contributed by atoms with E-state index in [1.807, 2.05) is 18.9 Å². The minimum Gasteiger partial charge on any atom is -0.437 e. The zero-order valence-electron chi connectivity index (χ0n) is 19.2. The lowest BCUT2D eigenvalue weighted by atomic mass is 10.1. The van der Waals surface area contributed by atoms with Crippen LogP contribution in [0.3, 0.4) is 0 Å². The molecule has 0 unspecified atom stereocenters. The third-order valence-electron chi connectivity index (χ3n) is 5.50. The Balaban J connectivity index is 1.44. The third kappa shape index (κ3) is 5.58. The van der Waals surface area contributed by atoms with Crippen molar-refractivity contribution in [1.29, 1.82) is 0 Å². The van der Waals surface area contributed by atoms with E-state index in [0.717, 1.165) is 55.0 Å². The van der Waals surface area contributed by atoms with E-state index in [2.05, 4.69) is 25.3 Å². The van der Waals surface area contributed by atoms with Crippen molar-refractivity contribution >= 4 is 23.9 Å². The van der Waals surface area contributed by atoms with Gasteiger partial charge in [-0.1, -0.05) is 6.07 Å². The van der Waals surface area contributed by atoms with Crippen molar-refractivity contribution in [2.75, 3.05) is 35.3 Å². The van der Waals surface area contributed by atoms with Gasteiger partial charge in [-0.2, -0.15) is 18.2 Å². The number of halogens is 3. The molecule has 0 saturated carbocycles. The number of rotatable bonds is 8. The van der Waals surface area contributed by atoms with Crippen molar-refractivity contribution in [2.45, 2.75) is 32.5 Å². The van der Waals surface area contributed by atoms with E-state index < -0.39 is 11.9 Å². The third-order valence-corrected chi connectivity index (χ3v) is 5.50. The van der Waals surface area contributed by atoms with E-state index in [9.17, 15) is 18.0 Å². The summed E-state index contributed by atoms with van der Waals surface area (Å²) in [6.07, 6.45) is 0.492. The molecular formula is C23H24F3N7O2. The second-order valence-electron chi connectivity index (χ2n) is 7.92. The summed E-state index contributed by atoms with van der Waals surface area (Å²) in [5.41, 5.74) is 1.41. The van der Waals surface area contributed by atoms with Crippen LogP contribution < -0.4 is 19.9 Å². The maximum Gasteiger partial charge on any atom is 0.433 e. The second-order valence-corrected chi connectivity index (χ2v) is 7.92. The molecule has 184 valence electrons. The van der Waals surface area contributed by atoms with Gasteiger partial charge in [0.1, 0.15) is 17.1 Å². The molecule has 35 heavy (non-hydrogen) atoms. The van der Waals surface area contributed by atoms with Gasteiger partial charge in [-0.15, -0.1) is 0 Å². The number of carbonyl (C=O) groups is 1. The van der Waals surface area contributed by atoms with Gasteiger partial charge in [0, 0.05) is 38.9 Å². The predicted octanol–water partition coefficient (Wildman–Crippen LogP) is 4.05. The number of hydrogen-bond acceptors (Lipinski definition) is 8. The van der Waals surface area contributed by atoms with Gasteiger partial charge >= 0.3 is 6.18 Å². The largest absolute Gasteiger partial charge is 0.437 e. The van der Waals surface area contributed by atoms with Gasteiger partial charge in [0.25, 0.3) is 0 Å². The maximum absolute atomic E-state index is 12.6. The van der Waals surface area contributed by atoms with Crippen LogP contribution in [0.25, 0.3) is 0 Å². The van der Waals surface area contributed by atoms with Crippen molar-refractivity contribution in [3.8, 4) is 11.6 Å². The SMILES string of the molecule is CCN(C)c1nc(NCc2ccc(Oc3ccc(C(F)(F)F)nc3)nc2)nc2c1N(C=O)CCC2. The van der Waals surface area contributed by atoms with Gasteiger partial charge in [0.15, 0.2) is 5.82 Å². The minimum absolute atomic E-state index is 0.149. The molecule has 0 fully saturated rings. The fraction of sp³-hybridized carbons (Fsp3) is 0.348. The first-order chi connectivity index (χ1) is 16.8. The summed E-state index contributed by atoms with van der Waals surface area (Å²) in [5.74, 6) is 1.51. The topological polar surface area (TPSA) is 96.4 Å². The molecule has 9 nitrogen and oxygen atoms in total. The number of alkyl halides is 3. The molecule has 3 aromatic rings. The number of amides is 1. The monoisotopic (exact) mass is 487 g/mol. The minimum atomic E-state index is -4.51. The Labute approximate surface area is 200 Å². The number of ether oxygens (including phenoxy) is 1. The molecule has 0 bridgehead atoms. The van der Waals surface area contributed by atoms with Crippen LogP contribution in [-0.4, -0.2) is 46.5 Å². The number of pyridine rings is 2. The first-order valence-corrected chi connectivity index (χ1v) is 11.0. The highest BCUT2D eigenvalue weighted by molar-refractivity contribution is 5.85. The van der Waals surface area contributed by atoms with Crippen molar-refractivity contribution in [1.82, 2.24) is 19.9 Å². The van der Waals surface area contributed by atoms with Crippen LogP contribution in [0, 0.1) is 0 Å². The average molecular weight is 487 g/mol. The van der Waals surface area contributed by atoms with Gasteiger partial charge in [-0.3, -0.25) is 4.79 Å². The number of aryl methyl sites for hydroxylation is 1. The molecular weight excluding hydrogens is 463 g/mol. The fourth-order valence-electron chi connectivity index (χ4n) is 3.57. The maximum atomic E-state index is 12.6. The highest BCUT2D eigenvalue weighted by atomic mass is 19.4. The molecule has 1 aliphatic rings. The molecule has 1 amide bonds. The number of hydrogen-bond donors (Lipinski definition) is 1. The summed E-state index contributed by atoms with van der Waals surface area (Å²) in [6, 6.07) is 5.43. The van der Waals surface area contributed by atoms with Crippen LogP contribution in [0.15, 0.2) is 36.7 Å². The van der Waals surface area contributed by atoms with E-state index >= 15 is 0 Å². The summed E-state index contributed by atoms with van der Waals surface area (Å²) in [6.45, 7) is 3.75. The molecule has 3 aromatic heterocycles. The van der Waals surface area contributed by atoms with Crippen molar-refractivity contribution < 1.29 is 22.7 Å². The molecule has 4 rings (SSSR count). The number of carbonyl (C=O) groups excluding carboxylic acids is 1. The number of fused-ring (bicyclic) bond motifs is 1. The smallest absolute Gasteiger partial charge is 0.433 e. The molecule has 0 spiro atoms. The summed E-state index contributed by atoms with van der Waals surface area (Å²) >= 11 is 0. The molecule has 0 saturated heterocycles. The predicted molar refractivity (Wildman–Crippen MR) is 124 cm³/mol. The lowest BCUT2D eigenvalue weighted by Crippen LogP contribution is -2.32. The van der Waals surface area contributed by atoms with Crippen LogP contribution in [0.1, 0.15) is 30.3 Å². The molecule has 0 atom stereocenters. The van der Waals surface area contributed by atoms with Gasteiger partial charge in [-0.25, -0.2) is 15.0 Å². The number of nitrogens with one attached hydrogen (secondary N) is 1. The Bertz CT molecular complexity index is 1170. The number of aromatic nitrogens is 4. The molecule has 12 heteroatoms. The van der Waals surface area contributed by atoms with Gasteiger partial charge in [-0.05, 0) is 37.5 Å². The number of nitrogens with zero attached hydrogens (tertiary/aromatic N) is 6. The fourth-order valence-corrected chi connectivity index (χ4v) is 3.57. The first kappa shape index (κ1) is 24.2. The normalized spacial score (nSPS) is 13.2. The summed E-state index contributed by atoms with van der Waals surface area (Å²) in [7, 11) is 1.92.